The Hall–Kier alpha value is -1.58. The van der Waals surface area contributed by atoms with Gasteiger partial charge in [0.05, 0.1) is 0 Å². The lowest BCUT2D eigenvalue weighted by atomic mass is 9.64. The molecule has 0 aromatic heterocycles. The maximum Gasteiger partial charge on any atom is 0.329 e. The summed E-state index contributed by atoms with van der Waals surface area (Å²) in [5, 5.41) is 12.8. The average molecular weight is 279 g/mol. The van der Waals surface area contributed by atoms with E-state index in [9.17, 15) is 14.3 Å². The quantitative estimate of drug-likeness (QED) is 0.882. The summed E-state index contributed by atoms with van der Waals surface area (Å²) in [5.41, 5.74) is -0.539. The van der Waals surface area contributed by atoms with Crippen LogP contribution in [-0.4, -0.2) is 16.6 Å². The number of benzene rings is 1. The van der Waals surface area contributed by atoms with Crippen molar-refractivity contribution in [2.45, 2.75) is 45.6 Å². The van der Waals surface area contributed by atoms with E-state index in [1.165, 1.54) is 12.1 Å². The second-order valence-corrected chi connectivity index (χ2v) is 6.88. The Kier molecular flexibility index (Phi) is 3.76. The number of carbonyl (C=O) groups is 1. The third-order valence-electron chi connectivity index (χ3n) is 4.00. The maximum atomic E-state index is 13.3. The number of hydrogen-bond donors (Lipinski definition) is 2. The van der Waals surface area contributed by atoms with Gasteiger partial charge in [0.15, 0.2) is 0 Å². The highest BCUT2D eigenvalue weighted by molar-refractivity contribution is 5.83. The van der Waals surface area contributed by atoms with Gasteiger partial charge in [0.25, 0.3) is 0 Å². The first-order valence-electron chi connectivity index (χ1n) is 7.00. The van der Waals surface area contributed by atoms with Gasteiger partial charge in [-0.3, -0.25) is 0 Å². The van der Waals surface area contributed by atoms with Crippen molar-refractivity contribution < 1.29 is 14.3 Å². The monoisotopic (exact) mass is 279 g/mol. The van der Waals surface area contributed by atoms with Crippen LogP contribution in [0.2, 0.25) is 0 Å². The van der Waals surface area contributed by atoms with Gasteiger partial charge >= 0.3 is 5.97 Å². The van der Waals surface area contributed by atoms with Crippen molar-refractivity contribution >= 4 is 11.7 Å². The molecule has 110 valence electrons. The number of anilines is 1. The Morgan fingerprint density at radius 2 is 2.10 bits per heavy atom. The highest BCUT2D eigenvalue weighted by Gasteiger charge is 2.48. The molecule has 0 aliphatic heterocycles. The Morgan fingerprint density at radius 1 is 1.40 bits per heavy atom. The summed E-state index contributed by atoms with van der Waals surface area (Å²) >= 11 is 0. The van der Waals surface area contributed by atoms with E-state index in [4.69, 9.17) is 0 Å². The molecular formula is C16H22FNO2. The first kappa shape index (κ1) is 14.8. The second kappa shape index (κ2) is 5.08. The predicted octanol–water partition coefficient (Wildman–Crippen LogP) is 3.91. The summed E-state index contributed by atoms with van der Waals surface area (Å²) in [6.45, 7) is 6.26. The van der Waals surface area contributed by atoms with Gasteiger partial charge in [0.2, 0.25) is 0 Å². The zero-order chi connectivity index (χ0) is 15.0. The van der Waals surface area contributed by atoms with E-state index in [0.717, 1.165) is 6.42 Å². The molecule has 0 bridgehead atoms. The molecule has 0 spiro atoms. The van der Waals surface area contributed by atoms with Crippen LogP contribution in [0.3, 0.4) is 0 Å². The molecule has 3 nitrogen and oxygen atoms in total. The van der Waals surface area contributed by atoms with E-state index in [-0.39, 0.29) is 11.2 Å². The molecule has 0 amide bonds. The summed E-state index contributed by atoms with van der Waals surface area (Å²) in [4.78, 5) is 11.8. The van der Waals surface area contributed by atoms with Gasteiger partial charge in [-0.2, -0.15) is 0 Å². The molecule has 1 saturated carbocycles. The Labute approximate surface area is 119 Å². The zero-order valence-electron chi connectivity index (χ0n) is 12.2. The normalized spacial score (nSPS) is 28.9. The summed E-state index contributed by atoms with van der Waals surface area (Å²) < 4.78 is 13.3. The summed E-state index contributed by atoms with van der Waals surface area (Å²) in [5.74, 6) is -0.907. The fraction of sp³-hybridized carbons (Fsp3) is 0.562. The van der Waals surface area contributed by atoms with Crippen molar-refractivity contribution in [2.24, 2.45) is 11.3 Å². The second-order valence-electron chi connectivity index (χ2n) is 6.88. The van der Waals surface area contributed by atoms with Gasteiger partial charge in [-0.05, 0) is 48.8 Å². The lowest BCUT2D eigenvalue weighted by Crippen LogP contribution is -2.53. The standard InChI is InChI=1S/C16H22FNO2/c1-11-8-15(2,3)10-16(9-11,14(19)20)18-13-6-4-5-12(17)7-13/h4-7,11,18H,8-10H2,1-3H3,(H,19,20). The highest BCUT2D eigenvalue weighted by Crippen LogP contribution is 2.45. The summed E-state index contributed by atoms with van der Waals surface area (Å²) in [7, 11) is 0. The van der Waals surface area contributed by atoms with Crippen LogP contribution in [0, 0.1) is 17.2 Å². The fourth-order valence-electron chi connectivity index (χ4n) is 3.73. The van der Waals surface area contributed by atoms with E-state index in [1.54, 1.807) is 12.1 Å². The first-order valence-corrected chi connectivity index (χ1v) is 7.00. The van der Waals surface area contributed by atoms with Crippen LogP contribution >= 0.6 is 0 Å². The van der Waals surface area contributed by atoms with Crippen molar-refractivity contribution in [1.82, 2.24) is 0 Å². The Morgan fingerprint density at radius 3 is 2.65 bits per heavy atom. The van der Waals surface area contributed by atoms with Crippen LogP contribution in [0.25, 0.3) is 0 Å². The largest absolute Gasteiger partial charge is 0.480 e. The van der Waals surface area contributed by atoms with Gasteiger partial charge in [-0.1, -0.05) is 26.8 Å². The molecule has 1 aliphatic rings. The highest BCUT2D eigenvalue weighted by atomic mass is 19.1. The Bertz CT molecular complexity index is 515. The molecule has 1 aliphatic carbocycles. The minimum absolute atomic E-state index is 0.0453. The van der Waals surface area contributed by atoms with Gasteiger partial charge < -0.3 is 10.4 Å². The predicted molar refractivity (Wildman–Crippen MR) is 77.2 cm³/mol. The van der Waals surface area contributed by atoms with Crippen LogP contribution in [-0.2, 0) is 4.79 Å². The number of carboxylic acids is 1. The molecule has 0 radical (unpaired) electrons. The number of rotatable bonds is 3. The lowest BCUT2D eigenvalue weighted by molar-refractivity contribution is -0.145. The van der Waals surface area contributed by atoms with Crippen molar-refractivity contribution in [2.75, 3.05) is 5.32 Å². The number of aliphatic carboxylic acids is 1. The fourth-order valence-corrected chi connectivity index (χ4v) is 3.73. The van der Waals surface area contributed by atoms with Gasteiger partial charge in [-0.25, -0.2) is 9.18 Å². The Balaban J connectivity index is 2.32. The molecule has 2 rings (SSSR count). The van der Waals surface area contributed by atoms with Crippen LogP contribution in [0.15, 0.2) is 24.3 Å². The minimum atomic E-state index is -1.02. The van der Waals surface area contributed by atoms with Crippen LogP contribution in [0.5, 0.6) is 0 Å². The van der Waals surface area contributed by atoms with Crippen LogP contribution in [0.4, 0.5) is 10.1 Å². The SMILES string of the molecule is CC1CC(C)(C)CC(Nc2cccc(F)c2)(C(=O)O)C1. The van der Waals surface area contributed by atoms with Gasteiger partial charge in [0.1, 0.15) is 11.4 Å². The zero-order valence-corrected chi connectivity index (χ0v) is 12.2. The molecule has 1 fully saturated rings. The van der Waals surface area contributed by atoms with E-state index in [2.05, 4.69) is 26.1 Å². The molecule has 20 heavy (non-hydrogen) atoms. The number of halogens is 1. The van der Waals surface area contributed by atoms with Gasteiger partial charge in [-0.15, -0.1) is 0 Å². The molecule has 2 N–H and O–H groups in total. The minimum Gasteiger partial charge on any atom is -0.480 e. The molecule has 1 aromatic carbocycles. The van der Waals surface area contributed by atoms with Crippen molar-refractivity contribution in [1.29, 1.82) is 0 Å². The van der Waals surface area contributed by atoms with E-state index >= 15 is 0 Å². The maximum absolute atomic E-state index is 13.3. The van der Waals surface area contributed by atoms with Crippen molar-refractivity contribution in [3.05, 3.63) is 30.1 Å². The summed E-state index contributed by atoms with van der Waals surface area (Å²) in [6.07, 6.45) is 2.10. The molecule has 1 aromatic rings. The van der Waals surface area contributed by atoms with E-state index in [0.29, 0.717) is 24.4 Å². The topological polar surface area (TPSA) is 49.3 Å². The molecule has 2 atom stereocenters. The first-order chi connectivity index (χ1) is 9.22. The third kappa shape index (κ3) is 3.11. The summed E-state index contributed by atoms with van der Waals surface area (Å²) in [6, 6.07) is 5.99. The molecule has 2 unspecified atom stereocenters. The molecule has 0 heterocycles. The van der Waals surface area contributed by atoms with E-state index in [1.807, 2.05) is 0 Å². The third-order valence-corrected chi connectivity index (χ3v) is 4.00. The molecular weight excluding hydrogens is 257 g/mol. The van der Waals surface area contributed by atoms with Crippen molar-refractivity contribution in [3.63, 3.8) is 0 Å². The number of hydrogen-bond acceptors (Lipinski definition) is 2. The van der Waals surface area contributed by atoms with Crippen molar-refractivity contribution in [3.8, 4) is 0 Å². The van der Waals surface area contributed by atoms with E-state index < -0.39 is 11.5 Å². The molecule has 4 heteroatoms. The lowest BCUT2D eigenvalue weighted by Gasteiger charge is -2.45. The average Bonchev–Trinajstić information content (AvgIpc) is 2.25. The number of nitrogens with one attached hydrogen (secondary N) is 1. The smallest absolute Gasteiger partial charge is 0.329 e. The van der Waals surface area contributed by atoms with Gasteiger partial charge in [0, 0.05) is 5.69 Å². The van der Waals surface area contributed by atoms with Crippen LogP contribution in [0.1, 0.15) is 40.0 Å². The number of carboxylic acid groups (broad SMARTS) is 1. The van der Waals surface area contributed by atoms with Crippen LogP contribution < -0.4 is 5.32 Å². The molecule has 0 saturated heterocycles.